The van der Waals surface area contributed by atoms with E-state index < -0.39 is 0 Å². The monoisotopic (exact) mass is 266 g/mol. The highest BCUT2D eigenvalue weighted by Gasteiger charge is 2.12. The van der Waals surface area contributed by atoms with Gasteiger partial charge in [-0.2, -0.15) is 0 Å². The normalized spacial score (nSPS) is 10.2. The molecular formula is C12H8Cl2N2O. The van der Waals surface area contributed by atoms with Crippen LogP contribution >= 0.6 is 23.2 Å². The van der Waals surface area contributed by atoms with Gasteiger partial charge in [-0.1, -0.05) is 35.3 Å². The van der Waals surface area contributed by atoms with Crippen molar-refractivity contribution in [3.05, 3.63) is 58.1 Å². The first-order valence-electron chi connectivity index (χ1n) is 4.91. The summed E-state index contributed by atoms with van der Waals surface area (Å²) in [6.07, 6.45) is 3.20. The predicted molar refractivity (Wildman–Crippen MR) is 66.5 cm³/mol. The molecule has 0 saturated carbocycles. The summed E-state index contributed by atoms with van der Waals surface area (Å²) in [5, 5.41) is 0.837. The minimum absolute atomic E-state index is 0.142. The summed E-state index contributed by atoms with van der Waals surface area (Å²) in [7, 11) is 0. The highest BCUT2D eigenvalue weighted by molar-refractivity contribution is 6.42. The molecule has 0 N–H and O–H groups in total. The molecule has 2 rings (SSSR count). The van der Waals surface area contributed by atoms with Crippen LogP contribution in [0.5, 0.6) is 0 Å². The molecule has 0 bridgehead atoms. The molecule has 0 saturated heterocycles. The fourth-order valence-electron chi connectivity index (χ4n) is 1.38. The Morgan fingerprint density at radius 3 is 2.53 bits per heavy atom. The van der Waals surface area contributed by atoms with Gasteiger partial charge in [0.2, 0.25) is 5.78 Å². The molecule has 3 nitrogen and oxygen atoms in total. The van der Waals surface area contributed by atoms with Crippen molar-refractivity contribution < 1.29 is 4.79 Å². The molecule has 0 amide bonds. The number of carbonyl (C=O) groups is 1. The van der Waals surface area contributed by atoms with Crippen LogP contribution in [0.15, 0.2) is 36.7 Å². The van der Waals surface area contributed by atoms with Gasteiger partial charge in [0.25, 0.3) is 0 Å². The molecule has 1 aromatic heterocycles. The molecule has 86 valence electrons. The van der Waals surface area contributed by atoms with Crippen molar-refractivity contribution in [2.75, 3.05) is 0 Å². The molecule has 0 aliphatic carbocycles. The number of rotatable bonds is 3. The van der Waals surface area contributed by atoms with E-state index in [1.165, 1.54) is 12.4 Å². The number of Topliss-reactive ketones (excluding diaryl/α,β-unsaturated/α-hetero) is 1. The van der Waals surface area contributed by atoms with Crippen molar-refractivity contribution in [2.24, 2.45) is 0 Å². The zero-order chi connectivity index (χ0) is 12.3. The van der Waals surface area contributed by atoms with Gasteiger partial charge in [0, 0.05) is 18.8 Å². The van der Waals surface area contributed by atoms with Crippen LogP contribution in [0.3, 0.4) is 0 Å². The lowest BCUT2D eigenvalue weighted by atomic mass is 10.1. The van der Waals surface area contributed by atoms with Gasteiger partial charge in [-0.05, 0) is 17.7 Å². The second kappa shape index (κ2) is 5.25. The largest absolute Gasteiger partial charge is 0.290 e. The maximum atomic E-state index is 11.9. The fourth-order valence-corrected chi connectivity index (χ4v) is 1.77. The van der Waals surface area contributed by atoms with Crippen molar-refractivity contribution in [3.8, 4) is 0 Å². The molecule has 17 heavy (non-hydrogen) atoms. The summed E-state index contributed by atoms with van der Waals surface area (Å²) >= 11 is 11.9. The third kappa shape index (κ3) is 2.81. The van der Waals surface area contributed by atoms with Crippen LogP contribution in [-0.4, -0.2) is 15.8 Å². The van der Waals surface area contributed by atoms with Crippen molar-refractivity contribution >= 4 is 29.0 Å². The van der Waals surface area contributed by atoms with Gasteiger partial charge in [0.15, 0.2) is 5.82 Å². The molecule has 0 spiro atoms. The third-order valence-electron chi connectivity index (χ3n) is 2.20. The number of hydrogen-bond acceptors (Lipinski definition) is 3. The van der Waals surface area contributed by atoms with Crippen LogP contribution in [0.25, 0.3) is 0 Å². The Kier molecular flexibility index (Phi) is 3.71. The van der Waals surface area contributed by atoms with E-state index in [0.29, 0.717) is 15.6 Å². The van der Waals surface area contributed by atoms with E-state index in [9.17, 15) is 4.79 Å². The number of nitrogens with zero attached hydrogens (tertiary/aromatic N) is 2. The second-order valence-electron chi connectivity index (χ2n) is 3.39. The highest BCUT2D eigenvalue weighted by Crippen LogP contribution is 2.26. The van der Waals surface area contributed by atoms with E-state index >= 15 is 0 Å². The molecule has 0 aliphatic rings. The number of halogens is 2. The molecule has 0 aliphatic heterocycles. The van der Waals surface area contributed by atoms with Crippen LogP contribution < -0.4 is 0 Å². The maximum absolute atomic E-state index is 11.9. The topological polar surface area (TPSA) is 42.9 Å². The van der Waals surface area contributed by atoms with E-state index in [1.54, 1.807) is 24.3 Å². The predicted octanol–water partition coefficient (Wildman–Crippen LogP) is 3.21. The minimum atomic E-state index is -0.185. The summed E-state index contributed by atoms with van der Waals surface area (Å²) in [5.74, 6) is -0.00157. The van der Waals surface area contributed by atoms with E-state index in [4.69, 9.17) is 23.2 Å². The van der Waals surface area contributed by atoms with E-state index in [0.717, 1.165) is 0 Å². The molecule has 1 aromatic carbocycles. The number of hydrogen-bond donors (Lipinski definition) is 0. The van der Waals surface area contributed by atoms with Crippen molar-refractivity contribution in [2.45, 2.75) is 6.42 Å². The lowest BCUT2D eigenvalue weighted by molar-refractivity contribution is 0.0983. The summed E-state index contributed by atoms with van der Waals surface area (Å²) in [5.41, 5.74) is 0.677. The Hall–Kier alpha value is -1.45. The highest BCUT2D eigenvalue weighted by atomic mass is 35.5. The van der Waals surface area contributed by atoms with Gasteiger partial charge in [0.1, 0.15) is 0 Å². The number of ketones is 1. The second-order valence-corrected chi connectivity index (χ2v) is 4.17. The first kappa shape index (κ1) is 12.0. The van der Waals surface area contributed by atoms with Crippen molar-refractivity contribution in [1.82, 2.24) is 9.97 Å². The maximum Gasteiger partial charge on any atom is 0.204 e. The SMILES string of the molecule is O=C(Cc1cccc(Cl)c1Cl)c1ncccn1. The quantitative estimate of drug-likeness (QED) is 0.802. The minimum Gasteiger partial charge on any atom is -0.290 e. The molecule has 1 heterocycles. The van der Waals surface area contributed by atoms with Crippen LogP contribution in [0.2, 0.25) is 10.0 Å². The number of aromatic nitrogens is 2. The van der Waals surface area contributed by atoms with Crippen LogP contribution in [-0.2, 0) is 6.42 Å². The van der Waals surface area contributed by atoms with Gasteiger partial charge in [0.05, 0.1) is 10.0 Å². The van der Waals surface area contributed by atoms with E-state index in [1.807, 2.05) is 0 Å². The zero-order valence-electron chi connectivity index (χ0n) is 8.73. The number of benzene rings is 1. The van der Waals surface area contributed by atoms with Crippen LogP contribution in [0.1, 0.15) is 16.2 Å². The summed E-state index contributed by atoms with van der Waals surface area (Å²) < 4.78 is 0. The lowest BCUT2D eigenvalue weighted by Gasteiger charge is -2.04. The van der Waals surface area contributed by atoms with Gasteiger partial charge in [-0.15, -0.1) is 0 Å². The standard InChI is InChI=1S/C12H8Cl2N2O/c13-9-4-1-3-8(11(9)14)7-10(17)12-15-5-2-6-16-12/h1-6H,7H2. The molecular weight excluding hydrogens is 259 g/mol. The smallest absolute Gasteiger partial charge is 0.204 e. The Morgan fingerprint density at radius 1 is 1.12 bits per heavy atom. The average Bonchev–Trinajstić information content (AvgIpc) is 2.36. The van der Waals surface area contributed by atoms with E-state index in [2.05, 4.69) is 9.97 Å². The molecule has 2 aromatic rings. The lowest BCUT2D eigenvalue weighted by Crippen LogP contribution is -2.08. The van der Waals surface area contributed by atoms with Gasteiger partial charge in [-0.3, -0.25) is 4.79 Å². The molecule has 5 heteroatoms. The Bertz CT molecular complexity index is 543. The molecule has 0 radical (unpaired) electrons. The summed E-state index contributed by atoms with van der Waals surface area (Å²) in [6.45, 7) is 0. The average molecular weight is 267 g/mol. The van der Waals surface area contributed by atoms with Crippen LogP contribution in [0, 0.1) is 0 Å². The Labute approximate surface area is 108 Å². The zero-order valence-corrected chi connectivity index (χ0v) is 10.2. The van der Waals surface area contributed by atoms with Crippen molar-refractivity contribution in [3.63, 3.8) is 0 Å². The third-order valence-corrected chi connectivity index (χ3v) is 3.06. The number of carbonyl (C=O) groups excluding carboxylic acids is 1. The van der Waals surface area contributed by atoms with E-state index in [-0.39, 0.29) is 18.0 Å². The first-order chi connectivity index (χ1) is 8.18. The van der Waals surface area contributed by atoms with Crippen molar-refractivity contribution in [1.29, 1.82) is 0 Å². The Balaban J connectivity index is 2.22. The summed E-state index contributed by atoms with van der Waals surface area (Å²) in [4.78, 5) is 19.6. The fraction of sp³-hybridized carbons (Fsp3) is 0.0833. The van der Waals surface area contributed by atoms with Crippen LogP contribution in [0.4, 0.5) is 0 Å². The Morgan fingerprint density at radius 2 is 1.82 bits per heavy atom. The summed E-state index contributed by atoms with van der Waals surface area (Å²) in [6, 6.07) is 6.84. The van der Waals surface area contributed by atoms with Gasteiger partial charge in [-0.25, -0.2) is 9.97 Å². The van der Waals surface area contributed by atoms with Gasteiger partial charge >= 0.3 is 0 Å². The first-order valence-corrected chi connectivity index (χ1v) is 5.67. The molecule has 0 fully saturated rings. The molecule has 0 atom stereocenters. The van der Waals surface area contributed by atoms with Gasteiger partial charge < -0.3 is 0 Å². The molecule has 0 unspecified atom stereocenters.